The van der Waals surface area contributed by atoms with Crippen LogP contribution in [0.4, 0.5) is 0 Å². The Morgan fingerprint density at radius 3 is 2.55 bits per heavy atom. The number of Topliss-reactive ketones (excluding diaryl/α,β-unsaturated/α-hetero) is 1. The van der Waals surface area contributed by atoms with Gasteiger partial charge in [-0.25, -0.2) is 0 Å². The molecule has 0 aromatic carbocycles. The Balaban J connectivity index is 1.31. The summed E-state index contributed by atoms with van der Waals surface area (Å²) < 4.78 is 12.4. The second kappa shape index (κ2) is 11.0. The lowest BCUT2D eigenvalue weighted by molar-refractivity contribution is -0.247. The average Bonchev–Trinajstić information content (AvgIpc) is 3.13. The number of hydrogen-bond acceptors (Lipinski definition) is 6. The minimum atomic E-state index is -0.601. The molecule has 6 heteroatoms. The van der Waals surface area contributed by atoms with Gasteiger partial charge in [0.2, 0.25) is 0 Å². The maximum absolute atomic E-state index is 14.3. The van der Waals surface area contributed by atoms with Crippen LogP contribution in [0.5, 0.6) is 0 Å². The number of allylic oxidation sites excluding steroid dienone is 1. The second-order valence-corrected chi connectivity index (χ2v) is 15.6. The molecule has 6 nitrogen and oxygen atoms in total. The highest BCUT2D eigenvalue weighted by Gasteiger charge is 2.69. The lowest BCUT2D eigenvalue weighted by Crippen LogP contribution is -2.62. The van der Waals surface area contributed by atoms with Crippen molar-refractivity contribution < 1.29 is 29.6 Å². The van der Waals surface area contributed by atoms with E-state index in [0.29, 0.717) is 36.9 Å². The molecule has 0 radical (unpaired) electrons. The largest absolute Gasteiger partial charge is 0.394 e. The normalized spacial score (nSPS) is 47.3. The molecule has 0 aromatic rings. The summed E-state index contributed by atoms with van der Waals surface area (Å²) in [5, 5.41) is 30.0. The van der Waals surface area contributed by atoms with Crippen molar-refractivity contribution >= 4 is 5.78 Å². The molecule has 40 heavy (non-hydrogen) atoms. The second-order valence-electron chi connectivity index (χ2n) is 15.6. The number of ketones is 1. The molecular formula is C34H56O6. The number of carbonyl (C=O) groups is 1. The predicted octanol–water partition coefficient (Wildman–Crippen LogP) is 5.96. The maximum atomic E-state index is 14.3. The first-order chi connectivity index (χ1) is 18.7. The summed E-state index contributed by atoms with van der Waals surface area (Å²) in [6, 6.07) is 0. The van der Waals surface area contributed by atoms with E-state index in [2.05, 4.69) is 33.8 Å². The number of carbonyl (C=O) groups excluding carboxylic acids is 1. The molecule has 4 fully saturated rings. The molecular weight excluding hydrogens is 504 g/mol. The number of rotatable bonds is 8. The van der Waals surface area contributed by atoms with Crippen molar-refractivity contribution in [3.8, 4) is 0 Å². The van der Waals surface area contributed by atoms with E-state index < -0.39 is 18.0 Å². The van der Waals surface area contributed by atoms with Crippen LogP contribution in [0, 0.1) is 39.9 Å². The summed E-state index contributed by atoms with van der Waals surface area (Å²) >= 11 is 0. The van der Waals surface area contributed by atoms with Crippen molar-refractivity contribution in [2.75, 3.05) is 6.61 Å². The maximum Gasteiger partial charge on any atom is 0.160 e. The van der Waals surface area contributed by atoms with Gasteiger partial charge >= 0.3 is 0 Å². The fraction of sp³-hybridized carbons (Fsp3) is 0.912. The Labute approximate surface area is 242 Å². The Bertz CT molecular complexity index is 970. The number of unbranched alkanes of at least 4 members (excludes halogenated alkanes) is 1. The van der Waals surface area contributed by atoms with Crippen LogP contribution in [0.3, 0.4) is 0 Å². The van der Waals surface area contributed by atoms with Gasteiger partial charge in [-0.3, -0.25) is 4.79 Å². The summed E-state index contributed by atoms with van der Waals surface area (Å²) in [5.74, 6) is 1.90. The first kappa shape index (κ1) is 30.7. The van der Waals surface area contributed by atoms with Crippen molar-refractivity contribution in [3.05, 3.63) is 11.6 Å². The molecule has 1 heterocycles. The molecule has 0 bridgehead atoms. The highest BCUT2D eigenvalue weighted by atomic mass is 16.7. The van der Waals surface area contributed by atoms with E-state index in [1.165, 1.54) is 18.4 Å². The molecule has 3 saturated carbocycles. The number of ether oxygens (including phenoxy) is 2. The summed E-state index contributed by atoms with van der Waals surface area (Å²) in [4.78, 5) is 14.3. The summed E-state index contributed by atoms with van der Waals surface area (Å²) in [7, 11) is 0. The van der Waals surface area contributed by atoms with Gasteiger partial charge in [0.05, 0.1) is 30.5 Å². The molecule has 1 aliphatic heterocycles. The molecule has 0 amide bonds. The summed E-state index contributed by atoms with van der Waals surface area (Å²) in [6.07, 6.45) is 12.1. The minimum Gasteiger partial charge on any atom is -0.394 e. The van der Waals surface area contributed by atoms with E-state index in [1.54, 1.807) is 0 Å². The first-order valence-corrected chi connectivity index (χ1v) is 16.3. The van der Waals surface area contributed by atoms with Crippen LogP contribution in [-0.2, 0) is 14.3 Å². The molecule has 0 spiro atoms. The molecule has 11 atom stereocenters. The first-order valence-electron chi connectivity index (χ1n) is 16.3. The van der Waals surface area contributed by atoms with Crippen LogP contribution in [0.15, 0.2) is 11.6 Å². The molecule has 5 aliphatic rings. The van der Waals surface area contributed by atoms with Crippen molar-refractivity contribution in [2.24, 2.45) is 39.9 Å². The minimum absolute atomic E-state index is 0.00315. The number of aliphatic hydroxyl groups excluding tert-OH is 2. The zero-order valence-electron chi connectivity index (χ0n) is 26.0. The Morgan fingerprint density at radius 1 is 1.10 bits per heavy atom. The van der Waals surface area contributed by atoms with Crippen LogP contribution in [0.2, 0.25) is 0 Å². The lowest BCUT2D eigenvalue weighted by atomic mass is 9.39. The van der Waals surface area contributed by atoms with Gasteiger partial charge in [0.1, 0.15) is 5.78 Å². The zero-order chi connectivity index (χ0) is 29.1. The van der Waals surface area contributed by atoms with Gasteiger partial charge in [0, 0.05) is 30.6 Å². The van der Waals surface area contributed by atoms with Gasteiger partial charge in [0.15, 0.2) is 6.29 Å². The van der Waals surface area contributed by atoms with Gasteiger partial charge in [-0.1, -0.05) is 52.2 Å². The zero-order valence-corrected chi connectivity index (χ0v) is 26.0. The van der Waals surface area contributed by atoms with Crippen molar-refractivity contribution in [2.45, 2.75) is 149 Å². The molecule has 228 valence electrons. The van der Waals surface area contributed by atoms with Crippen LogP contribution >= 0.6 is 0 Å². The topological polar surface area (TPSA) is 96.2 Å². The fourth-order valence-electron chi connectivity index (χ4n) is 10.2. The molecule has 1 saturated heterocycles. The Hall–Kier alpha value is -0.790. The highest BCUT2D eigenvalue weighted by molar-refractivity contribution is 5.88. The Kier molecular flexibility index (Phi) is 8.47. The molecule has 5 rings (SSSR count). The third-order valence-corrected chi connectivity index (χ3v) is 12.8. The van der Waals surface area contributed by atoms with Gasteiger partial charge in [0.25, 0.3) is 0 Å². The van der Waals surface area contributed by atoms with E-state index in [-0.39, 0.29) is 46.9 Å². The van der Waals surface area contributed by atoms with Gasteiger partial charge in [-0.15, -0.1) is 0 Å². The van der Waals surface area contributed by atoms with Gasteiger partial charge < -0.3 is 24.8 Å². The third kappa shape index (κ3) is 5.16. The van der Waals surface area contributed by atoms with Crippen molar-refractivity contribution in [1.82, 2.24) is 0 Å². The van der Waals surface area contributed by atoms with E-state index in [1.807, 2.05) is 13.8 Å². The highest BCUT2D eigenvalue weighted by Crippen LogP contribution is 2.73. The van der Waals surface area contributed by atoms with Gasteiger partial charge in [-0.05, 0) is 87.4 Å². The number of aliphatic hydroxyl groups is 3. The molecule has 0 aromatic heterocycles. The SMILES string of the molecule is C[C@@H]1C2=CCC3[C@@](C)(C(=O)C[C@]4(C)C(CCCCC(C)(C)O)CC[C@@]34C)C2CC[C@@H]1O[C@H]1C[C@@H](O)C[C@@H](CO)O1. The summed E-state index contributed by atoms with van der Waals surface area (Å²) in [6.45, 7) is 13.2. The van der Waals surface area contributed by atoms with Gasteiger partial charge in [-0.2, -0.15) is 0 Å². The van der Waals surface area contributed by atoms with E-state index in [9.17, 15) is 20.1 Å². The number of fused-ring (bicyclic) bond motifs is 5. The molecule has 4 aliphatic carbocycles. The quantitative estimate of drug-likeness (QED) is 0.251. The fourth-order valence-corrected chi connectivity index (χ4v) is 10.2. The number of hydrogen-bond donors (Lipinski definition) is 3. The monoisotopic (exact) mass is 560 g/mol. The predicted molar refractivity (Wildman–Crippen MR) is 155 cm³/mol. The van der Waals surface area contributed by atoms with Crippen LogP contribution in [0.1, 0.15) is 119 Å². The van der Waals surface area contributed by atoms with Crippen LogP contribution in [0.25, 0.3) is 0 Å². The lowest BCUT2D eigenvalue weighted by Gasteiger charge is -2.63. The molecule has 3 N–H and O–H groups in total. The van der Waals surface area contributed by atoms with Crippen molar-refractivity contribution in [1.29, 1.82) is 0 Å². The van der Waals surface area contributed by atoms with Crippen LogP contribution < -0.4 is 0 Å². The van der Waals surface area contributed by atoms with E-state index in [0.717, 1.165) is 44.9 Å². The smallest absolute Gasteiger partial charge is 0.160 e. The average molecular weight is 561 g/mol. The molecule has 3 unspecified atom stereocenters. The third-order valence-electron chi connectivity index (χ3n) is 12.8. The van der Waals surface area contributed by atoms with Crippen molar-refractivity contribution in [3.63, 3.8) is 0 Å². The summed E-state index contributed by atoms with van der Waals surface area (Å²) in [5.41, 5.74) is 0.666. The van der Waals surface area contributed by atoms with Crippen LogP contribution in [-0.4, -0.2) is 57.9 Å². The van der Waals surface area contributed by atoms with E-state index in [4.69, 9.17) is 9.47 Å². The standard InChI is InChI=1S/C34H56O6/c1-21-25-10-13-28-32(4)16-14-22(9-7-8-15-31(2,3)38)33(32,5)19-29(37)34(28,6)26(25)11-12-27(21)40-30-18-23(36)17-24(20-35)39-30/h10,21-24,26-28,30,35-36,38H,7-9,11-20H2,1-6H3/t21-,22?,23+,24+,26?,27+,28?,30+,32+,33-,34+/m1/s1. The Morgan fingerprint density at radius 2 is 1.85 bits per heavy atom. The van der Waals surface area contributed by atoms with E-state index >= 15 is 0 Å².